The van der Waals surface area contributed by atoms with Gasteiger partial charge in [-0.15, -0.1) is 0 Å². The molecular weight excluding hydrogens is 372 g/mol. The second-order valence-corrected chi connectivity index (χ2v) is 6.25. The van der Waals surface area contributed by atoms with Crippen LogP contribution in [0.4, 0.5) is 11.4 Å². The number of nitrogens with one attached hydrogen (secondary N) is 2. The minimum absolute atomic E-state index is 0.0919. The van der Waals surface area contributed by atoms with Crippen LogP contribution >= 0.6 is 0 Å². The number of hydrogen-bond acceptors (Lipinski definition) is 5. The molecule has 8 heteroatoms. The van der Waals surface area contributed by atoms with Crippen molar-refractivity contribution in [3.8, 4) is 17.1 Å². The number of rotatable bonds is 5. The number of fused-ring (bicyclic) bond motifs is 1. The topological polar surface area (TPSA) is 110 Å². The summed E-state index contributed by atoms with van der Waals surface area (Å²) in [6.45, 7) is 0. The molecule has 0 radical (unpaired) electrons. The summed E-state index contributed by atoms with van der Waals surface area (Å²) in [6, 6.07) is 18.9. The highest BCUT2D eigenvalue weighted by atomic mass is 16.6. The molecule has 0 aliphatic rings. The molecule has 144 valence electrons. The van der Waals surface area contributed by atoms with E-state index < -0.39 is 10.8 Å². The van der Waals surface area contributed by atoms with Crippen LogP contribution in [0.15, 0.2) is 66.7 Å². The number of nitro benzene ring substituents is 1. The van der Waals surface area contributed by atoms with Gasteiger partial charge < -0.3 is 15.0 Å². The van der Waals surface area contributed by atoms with E-state index in [-0.39, 0.29) is 17.0 Å². The number of carbonyl (C=O) groups is 1. The van der Waals surface area contributed by atoms with E-state index in [9.17, 15) is 14.9 Å². The zero-order valence-electron chi connectivity index (χ0n) is 15.4. The number of imidazole rings is 1. The van der Waals surface area contributed by atoms with Crippen molar-refractivity contribution in [3.63, 3.8) is 0 Å². The second kappa shape index (κ2) is 7.43. The number of benzene rings is 3. The minimum Gasteiger partial charge on any atom is -0.490 e. The van der Waals surface area contributed by atoms with E-state index in [0.29, 0.717) is 17.1 Å². The zero-order valence-corrected chi connectivity index (χ0v) is 15.4. The van der Waals surface area contributed by atoms with Gasteiger partial charge in [-0.1, -0.05) is 24.3 Å². The van der Waals surface area contributed by atoms with E-state index in [0.717, 1.165) is 11.0 Å². The first kappa shape index (κ1) is 18.2. The number of ether oxygens (including phenoxy) is 1. The van der Waals surface area contributed by atoms with Gasteiger partial charge >= 0.3 is 5.69 Å². The number of H-pyrrole nitrogens is 1. The van der Waals surface area contributed by atoms with E-state index >= 15 is 0 Å². The number of anilines is 1. The predicted molar refractivity (Wildman–Crippen MR) is 109 cm³/mol. The van der Waals surface area contributed by atoms with Crippen molar-refractivity contribution in [1.82, 2.24) is 9.97 Å². The van der Waals surface area contributed by atoms with Crippen LogP contribution in [0.3, 0.4) is 0 Å². The first-order valence-corrected chi connectivity index (χ1v) is 8.75. The summed E-state index contributed by atoms with van der Waals surface area (Å²) in [5.74, 6) is 0.233. The van der Waals surface area contributed by atoms with Crippen LogP contribution < -0.4 is 10.1 Å². The molecule has 8 nitrogen and oxygen atoms in total. The second-order valence-electron chi connectivity index (χ2n) is 6.25. The molecule has 4 aromatic rings. The number of carbonyl (C=O) groups excluding carboxylic acids is 1. The number of methoxy groups -OCH3 is 1. The largest absolute Gasteiger partial charge is 0.490 e. The summed E-state index contributed by atoms with van der Waals surface area (Å²) in [6.07, 6.45) is 0. The van der Waals surface area contributed by atoms with Gasteiger partial charge in [0.25, 0.3) is 5.91 Å². The van der Waals surface area contributed by atoms with Gasteiger partial charge in [-0.3, -0.25) is 14.9 Å². The molecule has 0 unspecified atom stereocenters. The summed E-state index contributed by atoms with van der Waals surface area (Å²) in [5, 5.41) is 14.0. The van der Waals surface area contributed by atoms with Gasteiger partial charge in [0.1, 0.15) is 5.82 Å². The van der Waals surface area contributed by atoms with Crippen LogP contribution in [-0.2, 0) is 0 Å². The standard InChI is InChI=1S/C21H16N4O4/c1-29-19-11-10-13(12-18(19)25(27)28)21(26)24-15-7-3-2-6-14(15)20-22-16-8-4-5-9-17(16)23-20/h2-12H,1H3,(H,22,23)(H,24,26). The number of nitro groups is 1. The van der Waals surface area contributed by atoms with Crippen molar-refractivity contribution in [2.45, 2.75) is 0 Å². The van der Waals surface area contributed by atoms with Gasteiger partial charge in [0.2, 0.25) is 0 Å². The number of para-hydroxylation sites is 3. The third-order valence-corrected chi connectivity index (χ3v) is 4.46. The van der Waals surface area contributed by atoms with Crippen LogP contribution in [0, 0.1) is 10.1 Å². The number of aromatic nitrogens is 2. The maximum atomic E-state index is 12.7. The lowest BCUT2D eigenvalue weighted by Gasteiger charge is -2.10. The maximum absolute atomic E-state index is 12.7. The third kappa shape index (κ3) is 3.51. The lowest BCUT2D eigenvalue weighted by Crippen LogP contribution is -2.13. The molecule has 0 aliphatic carbocycles. The average molecular weight is 388 g/mol. The van der Waals surface area contributed by atoms with Crippen LogP contribution in [0.5, 0.6) is 5.75 Å². The van der Waals surface area contributed by atoms with Crippen molar-refractivity contribution in [3.05, 3.63) is 82.4 Å². The maximum Gasteiger partial charge on any atom is 0.311 e. The molecule has 1 amide bonds. The summed E-state index contributed by atoms with van der Waals surface area (Å²) in [7, 11) is 1.34. The number of hydrogen-bond donors (Lipinski definition) is 2. The van der Waals surface area contributed by atoms with E-state index in [4.69, 9.17) is 4.74 Å². The molecule has 0 saturated heterocycles. The monoisotopic (exact) mass is 388 g/mol. The fourth-order valence-electron chi connectivity index (χ4n) is 3.05. The van der Waals surface area contributed by atoms with Gasteiger partial charge in [-0.05, 0) is 36.4 Å². The Morgan fingerprint density at radius 3 is 2.62 bits per heavy atom. The van der Waals surface area contributed by atoms with Gasteiger partial charge in [0.15, 0.2) is 5.75 Å². The fraction of sp³-hybridized carbons (Fsp3) is 0.0476. The lowest BCUT2D eigenvalue weighted by atomic mass is 10.1. The summed E-state index contributed by atoms with van der Waals surface area (Å²) >= 11 is 0. The first-order valence-electron chi connectivity index (χ1n) is 8.75. The van der Waals surface area contributed by atoms with E-state index in [2.05, 4.69) is 15.3 Å². The summed E-state index contributed by atoms with van der Waals surface area (Å²) in [4.78, 5) is 31.2. The molecule has 2 N–H and O–H groups in total. The van der Waals surface area contributed by atoms with Gasteiger partial charge in [0, 0.05) is 17.2 Å². The molecule has 0 saturated carbocycles. The Balaban J connectivity index is 1.68. The Labute approximate surface area is 165 Å². The highest BCUT2D eigenvalue weighted by Gasteiger charge is 2.19. The molecule has 3 aromatic carbocycles. The third-order valence-electron chi connectivity index (χ3n) is 4.46. The van der Waals surface area contributed by atoms with Gasteiger partial charge in [0.05, 0.1) is 28.8 Å². The Bertz CT molecular complexity index is 1200. The van der Waals surface area contributed by atoms with Crippen LogP contribution in [0.1, 0.15) is 10.4 Å². The number of amides is 1. The number of aromatic amines is 1. The molecule has 1 heterocycles. The van der Waals surface area contributed by atoms with E-state index in [1.54, 1.807) is 12.1 Å². The van der Waals surface area contributed by atoms with Crippen LogP contribution in [-0.4, -0.2) is 27.9 Å². The van der Waals surface area contributed by atoms with Crippen molar-refractivity contribution < 1.29 is 14.5 Å². The SMILES string of the molecule is COc1ccc(C(=O)Nc2ccccc2-c2nc3ccccc3[nH]2)cc1[N+](=O)[O-]. The molecule has 4 rings (SSSR count). The summed E-state index contributed by atoms with van der Waals surface area (Å²) < 4.78 is 4.98. The molecule has 0 spiro atoms. The van der Waals surface area contributed by atoms with Gasteiger partial charge in [-0.2, -0.15) is 0 Å². The Hall–Kier alpha value is -4.20. The van der Waals surface area contributed by atoms with Crippen molar-refractivity contribution in [2.24, 2.45) is 0 Å². The highest BCUT2D eigenvalue weighted by Crippen LogP contribution is 2.30. The fourth-order valence-corrected chi connectivity index (χ4v) is 3.05. The molecule has 0 atom stereocenters. The molecule has 29 heavy (non-hydrogen) atoms. The lowest BCUT2D eigenvalue weighted by molar-refractivity contribution is -0.385. The smallest absolute Gasteiger partial charge is 0.311 e. The zero-order chi connectivity index (χ0) is 20.4. The predicted octanol–water partition coefficient (Wildman–Crippen LogP) is 4.40. The van der Waals surface area contributed by atoms with Crippen molar-refractivity contribution in [1.29, 1.82) is 0 Å². The van der Waals surface area contributed by atoms with E-state index in [1.807, 2.05) is 36.4 Å². The van der Waals surface area contributed by atoms with Crippen molar-refractivity contribution in [2.75, 3.05) is 12.4 Å². The quantitative estimate of drug-likeness (QED) is 0.389. The Kier molecular flexibility index (Phi) is 4.66. The normalized spacial score (nSPS) is 10.7. The molecule has 1 aromatic heterocycles. The van der Waals surface area contributed by atoms with E-state index in [1.165, 1.54) is 25.3 Å². The Morgan fingerprint density at radius 2 is 1.86 bits per heavy atom. The molecule has 0 bridgehead atoms. The van der Waals surface area contributed by atoms with Crippen LogP contribution in [0.25, 0.3) is 22.4 Å². The minimum atomic E-state index is -0.585. The van der Waals surface area contributed by atoms with Gasteiger partial charge in [-0.25, -0.2) is 4.98 Å². The average Bonchev–Trinajstić information content (AvgIpc) is 3.17. The molecular formula is C21H16N4O4. The van der Waals surface area contributed by atoms with Crippen molar-refractivity contribution >= 4 is 28.3 Å². The highest BCUT2D eigenvalue weighted by molar-refractivity contribution is 6.06. The molecule has 0 fully saturated rings. The Morgan fingerprint density at radius 1 is 1.10 bits per heavy atom. The summed E-state index contributed by atoms with van der Waals surface area (Å²) in [5.41, 5.74) is 2.82. The first-order chi connectivity index (χ1) is 14.1. The van der Waals surface area contributed by atoms with Crippen LogP contribution in [0.2, 0.25) is 0 Å². The number of nitrogens with zero attached hydrogens (tertiary/aromatic N) is 2. The molecule has 0 aliphatic heterocycles.